The molecular weight excluding hydrogens is 751 g/mol. The van der Waals surface area contributed by atoms with E-state index in [2.05, 4.69) is 241 Å². The van der Waals surface area contributed by atoms with Crippen molar-refractivity contribution in [1.29, 1.82) is 0 Å². The quantitative estimate of drug-likeness (QED) is 0.145. The maximum atomic E-state index is 6.65. The Kier molecular flexibility index (Phi) is 9.57. The van der Waals surface area contributed by atoms with Crippen LogP contribution >= 0.6 is 0 Å². The van der Waals surface area contributed by atoms with Gasteiger partial charge in [-0.2, -0.15) is 0 Å². The zero-order valence-corrected chi connectivity index (χ0v) is 34.0. The molecule has 10 aromatic carbocycles. The monoisotopic (exact) mass is 791 g/mol. The van der Waals surface area contributed by atoms with Crippen LogP contribution in [0.15, 0.2) is 253 Å². The van der Waals surface area contributed by atoms with Crippen LogP contribution in [0, 0.1) is 0 Å². The summed E-state index contributed by atoms with van der Waals surface area (Å²) in [4.78, 5) is 2.32. The van der Waals surface area contributed by atoms with Crippen LogP contribution in [-0.2, 0) is 0 Å². The van der Waals surface area contributed by atoms with Gasteiger partial charge in [0, 0.05) is 22.1 Å². The van der Waals surface area contributed by atoms with Gasteiger partial charge in [-0.05, 0) is 103 Å². The zero-order chi connectivity index (χ0) is 41.2. The molecule has 0 saturated carbocycles. The summed E-state index contributed by atoms with van der Waals surface area (Å²) in [6.07, 6.45) is 0. The van der Waals surface area contributed by atoms with Gasteiger partial charge in [0.1, 0.15) is 5.58 Å². The molecule has 0 unspecified atom stereocenters. The number of nitrogens with zero attached hydrogens (tertiary/aromatic N) is 1. The normalized spacial score (nSPS) is 11.2. The summed E-state index contributed by atoms with van der Waals surface area (Å²) in [6, 6.07) is 88.9. The lowest BCUT2D eigenvalue weighted by Crippen LogP contribution is -2.10. The van der Waals surface area contributed by atoms with Crippen molar-refractivity contribution in [3.63, 3.8) is 0 Å². The van der Waals surface area contributed by atoms with E-state index in [9.17, 15) is 0 Å². The topological polar surface area (TPSA) is 16.4 Å². The molecule has 0 aliphatic carbocycles. The zero-order valence-electron chi connectivity index (χ0n) is 34.0. The lowest BCUT2D eigenvalue weighted by Gasteiger charge is -2.26. The molecule has 0 bridgehead atoms. The molecule has 1 aromatic heterocycles. The lowest BCUT2D eigenvalue weighted by atomic mass is 9.87. The molecule has 0 spiro atoms. The summed E-state index contributed by atoms with van der Waals surface area (Å²) in [5.41, 5.74) is 19.1. The summed E-state index contributed by atoms with van der Waals surface area (Å²) in [5, 5.41) is 2.20. The maximum absolute atomic E-state index is 6.65. The molecule has 0 amide bonds. The second kappa shape index (κ2) is 16.1. The van der Waals surface area contributed by atoms with Crippen LogP contribution in [0.1, 0.15) is 0 Å². The first-order valence-corrected chi connectivity index (χ1v) is 21.2. The molecule has 0 atom stereocenters. The van der Waals surface area contributed by atoms with Gasteiger partial charge in [-0.3, -0.25) is 0 Å². The molecule has 1 heterocycles. The number of fused-ring (bicyclic) bond motifs is 3. The highest BCUT2D eigenvalue weighted by Crippen LogP contribution is 2.45. The van der Waals surface area contributed by atoms with Crippen molar-refractivity contribution in [3.8, 4) is 66.8 Å². The molecule has 0 aliphatic rings. The van der Waals surface area contributed by atoms with Crippen LogP contribution in [0.5, 0.6) is 0 Å². The van der Waals surface area contributed by atoms with Crippen molar-refractivity contribution < 1.29 is 4.42 Å². The summed E-state index contributed by atoms with van der Waals surface area (Å²) >= 11 is 0. The van der Waals surface area contributed by atoms with E-state index in [1.807, 2.05) is 12.1 Å². The maximum Gasteiger partial charge on any atom is 0.159 e. The van der Waals surface area contributed by atoms with Crippen LogP contribution in [0.3, 0.4) is 0 Å². The van der Waals surface area contributed by atoms with Crippen molar-refractivity contribution in [1.82, 2.24) is 0 Å². The average Bonchev–Trinajstić information content (AvgIpc) is 3.75. The minimum Gasteiger partial charge on any atom is -0.454 e. The molecule has 0 fully saturated rings. The van der Waals surface area contributed by atoms with Gasteiger partial charge in [0.2, 0.25) is 0 Å². The van der Waals surface area contributed by atoms with Gasteiger partial charge in [0.15, 0.2) is 5.58 Å². The van der Waals surface area contributed by atoms with E-state index in [1.54, 1.807) is 0 Å². The van der Waals surface area contributed by atoms with Crippen molar-refractivity contribution in [2.24, 2.45) is 0 Å². The number of hydrogen-bond acceptors (Lipinski definition) is 2. The standard InChI is InChI=1S/C60H41NO/c1-3-16-42(17-4-1)43-30-32-44(33-31-43)45-34-38-48(39-35-45)61(58-28-15-27-57-56-26-13-14-29-59(56)62-60(57)58)49-40-36-47(37-41-49)51-21-8-10-23-53(51)55-25-12-11-24-54(55)52-22-9-7-20-50(52)46-18-5-2-6-19-46/h1-41H. The Balaban J connectivity index is 0.990. The van der Waals surface area contributed by atoms with Gasteiger partial charge in [-0.1, -0.05) is 212 Å². The number of rotatable bonds is 9. The summed E-state index contributed by atoms with van der Waals surface area (Å²) < 4.78 is 6.65. The van der Waals surface area contributed by atoms with E-state index in [4.69, 9.17) is 4.42 Å². The molecule has 292 valence electrons. The fourth-order valence-electron chi connectivity index (χ4n) is 8.92. The molecule has 0 radical (unpaired) electrons. The van der Waals surface area contributed by atoms with Gasteiger partial charge in [-0.25, -0.2) is 0 Å². The Morgan fingerprint density at radius 2 is 0.597 bits per heavy atom. The molecule has 11 rings (SSSR count). The largest absolute Gasteiger partial charge is 0.454 e. The molecule has 0 saturated heterocycles. The minimum atomic E-state index is 0.857. The number of hydrogen-bond donors (Lipinski definition) is 0. The summed E-state index contributed by atoms with van der Waals surface area (Å²) in [5.74, 6) is 0. The Morgan fingerprint density at radius 3 is 1.13 bits per heavy atom. The van der Waals surface area contributed by atoms with Crippen molar-refractivity contribution >= 4 is 39.0 Å². The van der Waals surface area contributed by atoms with Crippen LogP contribution in [-0.4, -0.2) is 0 Å². The van der Waals surface area contributed by atoms with E-state index in [1.165, 1.54) is 55.6 Å². The predicted molar refractivity (Wildman–Crippen MR) is 261 cm³/mol. The number of furan rings is 1. The Bertz CT molecular complexity index is 3310. The van der Waals surface area contributed by atoms with Crippen molar-refractivity contribution in [3.05, 3.63) is 249 Å². The van der Waals surface area contributed by atoms with Gasteiger partial charge < -0.3 is 9.32 Å². The second-order valence-electron chi connectivity index (χ2n) is 15.6. The third kappa shape index (κ3) is 6.84. The van der Waals surface area contributed by atoms with E-state index >= 15 is 0 Å². The fourth-order valence-corrected chi connectivity index (χ4v) is 8.92. The first kappa shape index (κ1) is 36.8. The first-order valence-electron chi connectivity index (χ1n) is 21.2. The van der Waals surface area contributed by atoms with Gasteiger partial charge in [0.25, 0.3) is 0 Å². The van der Waals surface area contributed by atoms with Crippen LogP contribution in [0.4, 0.5) is 17.1 Å². The van der Waals surface area contributed by atoms with Gasteiger partial charge in [-0.15, -0.1) is 0 Å². The summed E-state index contributed by atoms with van der Waals surface area (Å²) in [7, 11) is 0. The lowest BCUT2D eigenvalue weighted by molar-refractivity contribution is 0.669. The van der Waals surface area contributed by atoms with E-state index in [0.29, 0.717) is 0 Å². The first-order chi connectivity index (χ1) is 30.8. The highest BCUT2D eigenvalue weighted by Gasteiger charge is 2.21. The smallest absolute Gasteiger partial charge is 0.159 e. The van der Waals surface area contributed by atoms with Crippen LogP contribution in [0.25, 0.3) is 88.7 Å². The Morgan fingerprint density at radius 1 is 0.242 bits per heavy atom. The molecular formula is C60H41NO. The Hall–Kier alpha value is -8.20. The average molecular weight is 792 g/mol. The highest BCUT2D eigenvalue weighted by molar-refractivity contribution is 6.10. The summed E-state index contributed by atoms with van der Waals surface area (Å²) in [6.45, 7) is 0. The highest BCUT2D eigenvalue weighted by atomic mass is 16.3. The third-order valence-corrected chi connectivity index (χ3v) is 12.0. The number of anilines is 3. The predicted octanol–water partition coefficient (Wildman–Crippen LogP) is 17.1. The van der Waals surface area contributed by atoms with Gasteiger partial charge in [0.05, 0.1) is 5.69 Å². The van der Waals surface area contributed by atoms with E-state index in [-0.39, 0.29) is 0 Å². The van der Waals surface area contributed by atoms with E-state index in [0.717, 1.165) is 50.1 Å². The van der Waals surface area contributed by atoms with E-state index < -0.39 is 0 Å². The second-order valence-corrected chi connectivity index (χ2v) is 15.6. The van der Waals surface area contributed by atoms with Crippen molar-refractivity contribution in [2.75, 3.05) is 4.90 Å². The SMILES string of the molecule is c1ccc(-c2ccc(-c3ccc(N(c4ccc(-c5ccccc5-c5ccccc5-c5ccccc5-c5ccccc5)cc4)c4cccc5c4oc4ccccc45)cc3)cc2)cc1. The fraction of sp³-hybridized carbons (Fsp3) is 0. The molecule has 2 nitrogen and oxygen atoms in total. The molecule has 62 heavy (non-hydrogen) atoms. The van der Waals surface area contributed by atoms with Gasteiger partial charge >= 0.3 is 0 Å². The Labute approximate surface area is 362 Å². The minimum absolute atomic E-state index is 0.857. The molecule has 2 heteroatoms. The molecule has 0 N–H and O–H groups in total. The third-order valence-electron chi connectivity index (χ3n) is 12.0. The molecule has 0 aliphatic heterocycles. The van der Waals surface area contributed by atoms with Crippen LogP contribution in [0.2, 0.25) is 0 Å². The van der Waals surface area contributed by atoms with Crippen molar-refractivity contribution in [2.45, 2.75) is 0 Å². The number of benzene rings is 10. The number of para-hydroxylation sites is 2. The molecule has 11 aromatic rings. The van der Waals surface area contributed by atoms with Crippen LogP contribution < -0.4 is 4.90 Å².